The molecule has 0 aromatic heterocycles. The second kappa shape index (κ2) is 2.89. The summed E-state index contributed by atoms with van der Waals surface area (Å²) in [5, 5.41) is 3.61. The first-order chi connectivity index (χ1) is 4.95. The molecule has 0 spiro atoms. The van der Waals surface area contributed by atoms with E-state index in [4.69, 9.17) is 4.74 Å². The summed E-state index contributed by atoms with van der Waals surface area (Å²) in [6, 6.07) is 1.63. The van der Waals surface area contributed by atoms with Crippen molar-refractivity contribution in [2.75, 3.05) is 13.2 Å². The van der Waals surface area contributed by atoms with E-state index in [1.807, 2.05) is 0 Å². The van der Waals surface area contributed by atoms with Gasteiger partial charge in [0.1, 0.15) is 0 Å². The number of rotatable bonds is 2. The average Bonchev–Trinajstić information content (AvgIpc) is 2.74. The standard InChI is InChI=1S/C8H15NO/c1-2-7(1)9-8-3-5-10-6-4-8/h7-9H,1-6H2. The van der Waals surface area contributed by atoms with Crippen molar-refractivity contribution in [3.63, 3.8) is 0 Å². The van der Waals surface area contributed by atoms with E-state index < -0.39 is 0 Å². The zero-order chi connectivity index (χ0) is 6.81. The van der Waals surface area contributed by atoms with Crippen molar-refractivity contribution < 1.29 is 4.74 Å². The van der Waals surface area contributed by atoms with Gasteiger partial charge in [-0.15, -0.1) is 0 Å². The molecule has 0 atom stereocenters. The highest BCUT2D eigenvalue weighted by molar-refractivity contribution is 4.85. The van der Waals surface area contributed by atoms with E-state index in [2.05, 4.69) is 5.32 Å². The third-order valence-corrected chi connectivity index (χ3v) is 2.27. The van der Waals surface area contributed by atoms with Gasteiger partial charge in [-0.2, -0.15) is 0 Å². The largest absolute Gasteiger partial charge is 0.381 e. The molecule has 1 aliphatic carbocycles. The van der Waals surface area contributed by atoms with Gasteiger partial charge in [0.05, 0.1) is 0 Å². The maximum atomic E-state index is 5.26. The molecule has 0 aromatic rings. The fraction of sp³-hybridized carbons (Fsp3) is 1.00. The monoisotopic (exact) mass is 141 g/mol. The van der Waals surface area contributed by atoms with Gasteiger partial charge in [-0.3, -0.25) is 0 Å². The summed E-state index contributed by atoms with van der Waals surface area (Å²) >= 11 is 0. The fourth-order valence-electron chi connectivity index (χ4n) is 1.45. The molecule has 2 nitrogen and oxygen atoms in total. The third kappa shape index (κ3) is 1.70. The molecule has 10 heavy (non-hydrogen) atoms. The molecule has 2 aliphatic rings. The van der Waals surface area contributed by atoms with Crippen molar-refractivity contribution in [2.24, 2.45) is 0 Å². The lowest BCUT2D eigenvalue weighted by Crippen LogP contribution is -2.35. The Balaban J connectivity index is 1.69. The minimum absolute atomic E-state index is 0.765. The van der Waals surface area contributed by atoms with Crippen LogP contribution in [0.1, 0.15) is 25.7 Å². The molecule has 1 aliphatic heterocycles. The van der Waals surface area contributed by atoms with Gasteiger partial charge in [0, 0.05) is 25.3 Å². The Kier molecular flexibility index (Phi) is 1.91. The topological polar surface area (TPSA) is 21.3 Å². The molecule has 1 saturated heterocycles. The quantitative estimate of drug-likeness (QED) is 0.617. The van der Waals surface area contributed by atoms with E-state index in [0.29, 0.717) is 0 Å². The maximum absolute atomic E-state index is 5.26. The van der Waals surface area contributed by atoms with Gasteiger partial charge in [0.25, 0.3) is 0 Å². The zero-order valence-corrected chi connectivity index (χ0v) is 6.31. The van der Waals surface area contributed by atoms with Crippen molar-refractivity contribution in [3.8, 4) is 0 Å². The van der Waals surface area contributed by atoms with Crippen molar-refractivity contribution in [2.45, 2.75) is 37.8 Å². The van der Waals surface area contributed by atoms with Gasteiger partial charge < -0.3 is 10.1 Å². The van der Waals surface area contributed by atoms with Crippen molar-refractivity contribution in [1.82, 2.24) is 5.32 Å². The summed E-state index contributed by atoms with van der Waals surface area (Å²) < 4.78 is 5.26. The predicted molar refractivity (Wildman–Crippen MR) is 40.0 cm³/mol. The van der Waals surface area contributed by atoms with Crippen LogP contribution in [0, 0.1) is 0 Å². The fourth-order valence-corrected chi connectivity index (χ4v) is 1.45. The molecule has 0 bridgehead atoms. The summed E-state index contributed by atoms with van der Waals surface area (Å²) in [6.07, 6.45) is 5.24. The minimum Gasteiger partial charge on any atom is -0.381 e. The molecular weight excluding hydrogens is 126 g/mol. The summed E-state index contributed by atoms with van der Waals surface area (Å²) in [6.45, 7) is 1.93. The summed E-state index contributed by atoms with van der Waals surface area (Å²) in [4.78, 5) is 0. The van der Waals surface area contributed by atoms with Crippen LogP contribution in [-0.4, -0.2) is 25.3 Å². The maximum Gasteiger partial charge on any atom is 0.0480 e. The molecule has 2 rings (SSSR count). The average molecular weight is 141 g/mol. The Morgan fingerprint density at radius 2 is 1.50 bits per heavy atom. The van der Waals surface area contributed by atoms with E-state index in [0.717, 1.165) is 25.3 Å². The van der Waals surface area contributed by atoms with Crippen molar-refractivity contribution in [1.29, 1.82) is 0 Å². The van der Waals surface area contributed by atoms with Gasteiger partial charge in [0.15, 0.2) is 0 Å². The molecule has 0 radical (unpaired) electrons. The molecular formula is C8H15NO. The van der Waals surface area contributed by atoms with Crippen LogP contribution < -0.4 is 5.32 Å². The lowest BCUT2D eigenvalue weighted by Gasteiger charge is -2.22. The van der Waals surface area contributed by atoms with Gasteiger partial charge in [0.2, 0.25) is 0 Å². The van der Waals surface area contributed by atoms with Crippen molar-refractivity contribution >= 4 is 0 Å². The highest BCUT2D eigenvalue weighted by atomic mass is 16.5. The minimum atomic E-state index is 0.765. The van der Waals surface area contributed by atoms with Gasteiger partial charge in [-0.25, -0.2) is 0 Å². The first kappa shape index (κ1) is 6.62. The Labute approximate surface area is 61.9 Å². The van der Waals surface area contributed by atoms with E-state index >= 15 is 0 Å². The molecule has 1 heterocycles. The Hall–Kier alpha value is -0.0800. The molecule has 58 valence electrons. The molecule has 1 N–H and O–H groups in total. The van der Waals surface area contributed by atoms with E-state index in [-0.39, 0.29) is 0 Å². The first-order valence-corrected chi connectivity index (χ1v) is 4.29. The van der Waals surface area contributed by atoms with Crippen LogP contribution in [0.25, 0.3) is 0 Å². The van der Waals surface area contributed by atoms with Crippen LogP contribution in [0.3, 0.4) is 0 Å². The molecule has 1 saturated carbocycles. The Bertz CT molecular complexity index is 106. The van der Waals surface area contributed by atoms with E-state index in [9.17, 15) is 0 Å². The van der Waals surface area contributed by atoms with E-state index in [1.165, 1.54) is 25.7 Å². The predicted octanol–water partition coefficient (Wildman–Crippen LogP) is 0.917. The SMILES string of the molecule is C1CC(NC2CC2)CCO1. The van der Waals surface area contributed by atoms with Crippen LogP contribution in [0.2, 0.25) is 0 Å². The number of nitrogens with one attached hydrogen (secondary N) is 1. The second-order valence-corrected chi connectivity index (χ2v) is 3.33. The van der Waals surface area contributed by atoms with Crippen LogP contribution in [0.4, 0.5) is 0 Å². The summed E-state index contributed by atoms with van der Waals surface area (Å²) in [5.74, 6) is 0. The lowest BCUT2D eigenvalue weighted by molar-refractivity contribution is 0.0776. The highest BCUT2D eigenvalue weighted by Crippen LogP contribution is 2.21. The third-order valence-electron chi connectivity index (χ3n) is 2.27. The number of ether oxygens (including phenoxy) is 1. The van der Waals surface area contributed by atoms with Crippen LogP contribution >= 0.6 is 0 Å². The number of hydrogen-bond donors (Lipinski definition) is 1. The van der Waals surface area contributed by atoms with Crippen LogP contribution in [0.5, 0.6) is 0 Å². The zero-order valence-electron chi connectivity index (χ0n) is 6.31. The summed E-state index contributed by atoms with van der Waals surface area (Å²) in [7, 11) is 0. The second-order valence-electron chi connectivity index (χ2n) is 3.33. The molecule has 0 amide bonds. The molecule has 0 aromatic carbocycles. The van der Waals surface area contributed by atoms with Crippen LogP contribution in [0.15, 0.2) is 0 Å². The molecule has 0 unspecified atom stereocenters. The van der Waals surface area contributed by atoms with Gasteiger partial charge >= 0.3 is 0 Å². The highest BCUT2D eigenvalue weighted by Gasteiger charge is 2.25. The first-order valence-electron chi connectivity index (χ1n) is 4.29. The molecule has 2 fully saturated rings. The lowest BCUT2D eigenvalue weighted by atomic mass is 10.1. The van der Waals surface area contributed by atoms with Crippen LogP contribution in [-0.2, 0) is 4.74 Å². The normalized spacial score (nSPS) is 28.8. The van der Waals surface area contributed by atoms with Crippen molar-refractivity contribution in [3.05, 3.63) is 0 Å². The van der Waals surface area contributed by atoms with Gasteiger partial charge in [-0.05, 0) is 25.7 Å². The number of hydrogen-bond acceptors (Lipinski definition) is 2. The summed E-state index contributed by atoms with van der Waals surface area (Å²) in [5.41, 5.74) is 0. The Morgan fingerprint density at radius 3 is 2.10 bits per heavy atom. The smallest absolute Gasteiger partial charge is 0.0480 e. The van der Waals surface area contributed by atoms with E-state index in [1.54, 1.807) is 0 Å². The van der Waals surface area contributed by atoms with Gasteiger partial charge in [-0.1, -0.05) is 0 Å². The Morgan fingerprint density at radius 1 is 0.900 bits per heavy atom. The molecule has 2 heteroatoms.